The summed E-state index contributed by atoms with van der Waals surface area (Å²) in [5.41, 5.74) is -0.0530. The number of ether oxygens (including phenoxy) is 1. The average molecular weight is 278 g/mol. The Hall–Kier alpha value is -1.81. The number of hydrogen-bond acceptors (Lipinski definition) is 3. The van der Waals surface area contributed by atoms with Gasteiger partial charge in [0.1, 0.15) is 18.4 Å². The van der Waals surface area contributed by atoms with Crippen LogP contribution in [0.4, 0.5) is 0 Å². The zero-order chi connectivity index (χ0) is 13.9. The third kappa shape index (κ3) is 3.83. The van der Waals surface area contributed by atoms with Crippen molar-refractivity contribution in [1.82, 2.24) is 14.8 Å². The van der Waals surface area contributed by atoms with Gasteiger partial charge in [-0.2, -0.15) is 9.78 Å². The summed E-state index contributed by atoms with van der Waals surface area (Å²) in [6.07, 6.45) is 5.03. The minimum absolute atomic E-state index is 0.0530. The molecule has 0 unspecified atom stereocenters. The van der Waals surface area contributed by atoms with Crippen LogP contribution in [0.15, 0.2) is 43.0 Å². The Morgan fingerprint density at radius 3 is 2.63 bits per heavy atom. The highest BCUT2D eigenvalue weighted by Crippen LogP contribution is 2.28. The molecule has 4 nitrogen and oxygen atoms in total. The minimum Gasteiger partial charge on any atom is -0.438 e. The maximum atomic E-state index is 6.10. The molecule has 0 aliphatic carbocycles. The minimum atomic E-state index is -0.0530. The number of nitrogens with zero attached hydrogens (tertiary/aromatic N) is 3. The first-order chi connectivity index (χ1) is 8.96. The number of rotatable bonds is 3. The van der Waals surface area contributed by atoms with Gasteiger partial charge in [0.2, 0.25) is 5.88 Å². The van der Waals surface area contributed by atoms with Gasteiger partial charge in [-0.05, 0) is 23.6 Å². The van der Waals surface area contributed by atoms with Crippen LogP contribution in [0.1, 0.15) is 20.8 Å². The molecule has 0 atom stereocenters. The Morgan fingerprint density at radius 2 is 2.05 bits per heavy atom. The molecular formula is C14H16ClN3O. The summed E-state index contributed by atoms with van der Waals surface area (Å²) >= 11 is 6.10. The quantitative estimate of drug-likeness (QED) is 0.800. The lowest BCUT2D eigenvalue weighted by molar-refractivity contribution is 0.443. The topological polar surface area (TPSA) is 39.9 Å². The Bertz CT molecular complexity index is 571. The fraction of sp³-hybridized carbons (Fsp3) is 0.286. The molecule has 0 aliphatic heterocycles. The summed E-state index contributed by atoms with van der Waals surface area (Å²) in [5.74, 6) is 1.17. The zero-order valence-corrected chi connectivity index (χ0v) is 11.9. The summed E-state index contributed by atoms with van der Waals surface area (Å²) in [4.78, 5) is 3.94. The van der Waals surface area contributed by atoms with E-state index in [2.05, 4.69) is 30.9 Å². The third-order valence-electron chi connectivity index (χ3n) is 2.25. The summed E-state index contributed by atoms with van der Waals surface area (Å²) in [6.45, 7) is 6.25. The molecule has 5 heteroatoms. The number of aromatic nitrogens is 3. The van der Waals surface area contributed by atoms with E-state index in [0.29, 0.717) is 16.7 Å². The zero-order valence-electron chi connectivity index (χ0n) is 11.2. The SMILES string of the molecule is CC(C)(C)/C=C(/Oc1ccccc1Cl)n1cncn1. The largest absolute Gasteiger partial charge is 0.438 e. The first-order valence-corrected chi connectivity index (χ1v) is 6.34. The predicted molar refractivity (Wildman–Crippen MR) is 75.8 cm³/mol. The van der Waals surface area contributed by atoms with Crippen molar-refractivity contribution in [2.75, 3.05) is 0 Å². The second-order valence-corrected chi connectivity index (χ2v) is 5.63. The molecule has 0 amide bonds. The molecule has 1 heterocycles. The van der Waals surface area contributed by atoms with Crippen molar-refractivity contribution in [2.24, 2.45) is 5.41 Å². The van der Waals surface area contributed by atoms with Crippen molar-refractivity contribution in [3.05, 3.63) is 48.0 Å². The highest BCUT2D eigenvalue weighted by Gasteiger charge is 2.13. The highest BCUT2D eigenvalue weighted by molar-refractivity contribution is 6.32. The molecule has 100 valence electrons. The Balaban J connectivity index is 2.35. The molecular weight excluding hydrogens is 262 g/mol. The standard InChI is InChI=1S/C14H16ClN3O/c1-14(2,3)8-13(18-10-16-9-17-18)19-12-7-5-4-6-11(12)15/h4-10H,1-3H3/b13-8+. The fourth-order valence-electron chi connectivity index (χ4n) is 1.47. The summed E-state index contributed by atoms with van der Waals surface area (Å²) in [6, 6.07) is 7.33. The Labute approximate surface area is 117 Å². The van der Waals surface area contributed by atoms with Gasteiger partial charge in [0, 0.05) is 0 Å². The van der Waals surface area contributed by atoms with Crippen LogP contribution in [0.5, 0.6) is 5.75 Å². The molecule has 19 heavy (non-hydrogen) atoms. The monoisotopic (exact) mass is 277 g/mol. The number of para-hydroxylation sites is 1. The molecule has 0 fully saturated rings. The molecule has 1 aromatic heterocycles. The highest BCUT2D eigenvalue weighted by atomic mass is 35.5. The molecule has 1 aromatic carbocycles. The molecule has 0 N–H and O–H groups in total. The number of halogens is 1. The normalized spacial score (nSPS) is 12.5. The van der Waals surface area contributed by atoms with Gasteiger partial charge < -0.3 is 4.74 Å². The van der Waals surface area contributed by atoms with Crippen molar-refractivity contribution >= 4 is 17.5 Å². The maximum absolute atomic E-state index is 6.10. The summed E-state index contributed by atoms with van der Waals surface area (Å²) in [5, 5.41) is 4.65. The van der Waals surface area contributed by atoms with Gasteiger partial charge in [-0.25, -0.2) is 4.98 Å². The van der Waals surface area contributed by atoms with Crippen LogP contribution in [-0.2, 0) is 0 Å². The molecule has 0 aliphatic rings. The third-order valence-corrected chi connectivity index (χ3v) is 2.56. The lowest BCUT2D eigenvalue weighted by Crippen LogP contribution is -2.10. The molecule has 0 saturated heterocycles. The van der Waals surface area contributed by atoms with E-state index in [1.54, 1.807) is 17.1 Å². The van der Waals surface area contributed by atoms with Crippen LogP contribution in [0, 0.1) is 5.41 Å². The van der Waals surface area contributed by atoms with Crippen molar-refractivity contribution in [3.63, 3.8) is 0 Å². The van der Waals surface area contributed by atoms with Crippen molar-refractivity contribution in [3.8, 4) is 5.75 Å². The van der Waals surface area contributed by atoms with Crippen LogP contribution in [0.3, 0.4) is 0 Å². The van der Waals surface area contributed by atoms with E-state index in [1.807, 2.05) is 24.3 Å². The van der Waals surface area contributed by atoms with Gasteiger partial charge >= 0.3 is 0 Å². The van der Waals surface area contributed by atoms with Crippen LogP contribution in [0.2, 0.25) is 5.02 Å². The summed E-state index contributed by atoms with van der Waals surface area (Å²) in [7, 11) is 0. The van der Waals surface area contributed by atoms with E-state index < -0.39 is 0 Å². The number of benzene rings is 1. The van der Waals surface area contributed by atoms with Crippen LogP contribution >= 0.6 is 11.6 Å². The van der Waals surface area contributed by atoms with Crippen molar-refractivity contribution < 1.29 is 4.74 Å². The van der Waals surface area contributed by atoms with Crippen LogP contribution < -0.4 is 4.74 Å². The van der Waals surface area contributed by atoms with Crippen LogP contribution in [0.25, 0.3) is 5.88 Å². The number of allylic oxidation sites excluding steroid dienone is 1. The molecule has 0 bridgehead atoms. The first-order valence-electron chi connectivity index (χ1n) is 5.96. The lowest BCUT2D eigenvalue weighted by atomic mass is 9.97. The molecule has 0 saturated carbocycles. The van der Waals surface area contributed by atoms with E-state index in [0.717, 1.165) is 0 Å². The Morgan fingerprint density at radius 1 is 1.32 bits per heavy atom. The molecule has 0 spiro atoms. The maximum Gasteiger partial charge on any atom is 0.218 e. The Kier molecular flexibility index (Phi) is 3.90. The van der Waals surface area contributed by atoms with Crippen molar-refractivity contribution in [1.29, 1.82) is 0 Å². The van der Waals surface area contributed by atoms with E-state index in [9.17, 15) is 0 Å². The first kappa shape index (κ1) is 13.6. The van der Waals surface area contributed by atoms with Gasteiger partial charge in [-0.3, -0.25) is 0 Å². The lowest BCUT2D eigenvalue weighted by Gasteiger charge is -2.17. The van der Waals surface area contributed by atoms with Gasteiger partial charge in [0.15, 0.2) is 0 Å². The molecule has 0 radical (unpaired) electrons. The predicted octanol–water partition coefficient (Wildman–Crippen LogP) is 3.86. The average Bonchev–Trinajstić information content (AvgIpc) is 2.83. The smallest absolute Gasteiger partial charge is 0.218 e. The van der Waals surface area contributed by atoms with E-state index >= 15 is 0 Å². The summed E-state index contributed by atoms with van der Waals surface area (Å²) < 4.78 is 7.43. The second-order valence-electron chi connectivity index (χ2n) is 5.22. The second kappa shape index (κ2) is 5.45. The molecule has 2 rings (SSSR count). The van der Waals surface area contributed by atoms with Gasteiger partial charge in [0.25, 0.3) is 0 Å². The number of hydrogen-bond donors (Lipinski definition) is 0. The van der Waals surface area contributed by atoms with Gasteiger partial charge in [-0.15, -0.1) is 0 Å². The van der Waals surface area contributed by atoms with E-state index in [-0.39, 0.29) is 5.41 Å². The van der Waals surface area contributed by atoms with E-state index in [4.69, 9.17) is 16.3 Å². The van der Waals surface area contributed by atoms with Gasteiger partial charge in [-0.1, -0.05) is 44.5 Å². The van der Waals surface area contributed by atoms with E-state index in [1.165, 1.54) is 6.33 Å². The fourth-order valence-corrected chi connectivity index (χ4v) is 1.65. The van der Waals surface area contributed by atoms with Gasteiger partial charge in [0.05, 0.1) is 5.02 Å². The molecule has 2 aromatic rings. The van der Waals surface area contributed by atoms with Crippen LogP contribution in [-0.4, -0.2) is 14.8 Å². The van der Waals surface area contributed by atoms with Crippen molar-refractivity contribution in [2.45, 2.75) is 20.8 Å².